The molecule has 1 N–H and O–H groups in total. The van der Waals surface area contributed by atoms with Gasteiger partial charge in [0.15, 0.2) is 0 Å². The predicted molar refractivity (Wildman–Crippen MR) is 69.6 cm³/mol. The highest BCUT2D eigenvalue weighted by Gasteiger charge is 2.12. The normalized spacial score (nSPS) is 9.72. The molecule has 1 aromatic carbocycles. The van der Waals surface area contributed by atoms with Gasteiger partial charge < -0.3 is 15.0 Å². The second-order valence-corrected chi connectivity index (χ2v) is 3.91. The Morgan fingerprint density at radius 3 is 2.56 bits per heavy atom. The van der Waals surface area contributed by atoms with Crippen molar-refractivity contribution in [2.75, 3.05) is 32.6 Å². The lowest BCUT2D eigenvalue weighted by atomic mass is 10.2. The first-order chi connectivity index (χ1) is 8.56. The van der Waals surface area contributed by atoms with E-state index in [2.05, 4.69) is 5.32 Å². The van der Waals surface area contributed by atoms with E-state index in [9.17, 15) is 9.59 Å². The number of esters is 1. The first kappa shape index (κ1) is 14.0. The first-order valence-corrected chi connectivity index (χ1v) is 5.76. The molecule has 98 valence electrons. The minimum absolute atomic E-state index is 0.0614. The fraction of sp³-hybridized carbons (Fsp3) is 0.385. The minimum Gasteiger partial charge on any atom is -0.462 e. The van der Waals surface area contributed by atoms with Gasteiger partial charge >= 0.3 is 5.97 Å². The van der Waals surface area contributed by atoms with Gasteiger partial charge in [0.25, 0.3) is 0 Å². The number of rotatable bonds is 5. The summed E-state index contributed by atoms with van der Waals surface area (Å²) < 4.78 is 4.95. The molecule has 18 heavy (non-hydrogen) atoms. The standard InChI is InChI=1S/C13H18N2O3/c1-4-18-13(17)10-7-5-6-8-11(10)14-9-12(16)15(2)3/h5-8,14H,4,9H2,1-3H3. The molecule has 0 fully saturated rings. The molecule has 0 aliphatic rings. The maximum Gasteiger partial charge on any atom is 0.340 e. The summed E-state index contributed by atoms with van der Waals surface area (Å²) in [7, 11) is 3.36. The molecule has 0 aliphatic heterocycles. The molecule has 0 aromatic heterocycles. The van der Waals surface area contributed by atoms with E-state index in [-0.39, 0.29) is 12.5 Å². The number of likely N-dealkylation sites (N-methyl/N-ethyl adjacent to an activating group) is 1. The van der Waals surface area contributed by atoms with E-state index < -0.39 is 5.97 Å². The molecule has 0 bridgehead atoms. The molecule has 0 saturated heterocycles. The minimum atomic E-state index is -0.391. The summed E-state index contributed by atoms with van der Waals surface area (Å²) in [5, 5.41) is 2.94. The van der Waals surface area contributed by atoms with Crippen molar-refractivity contribution in [1.82, 2.24) is 4.90 Å². The number of benzene rings is 1. The summed E-state index contributed by atoms with van der Waals surface area (Å²) in [6, 6.07) is 6.96. The number of para-hydroxylation sites is 1. The van der Waals surface area contributed by atoms with Crippen LogP contribution in [0.4, 0.5) is 5.69 Å². The van der Waals surface area contributed by atoms with Crippen LogP contribution in [0, 0.1) is 0 Å². The Hall–Kier alpha value is -2.04. The number of carbonyl (C=O) groups is 2. The average Bonchev–Trinajstić information content (AvgIpc) is 2.36. The molecule has 0 heterocycles. The van der Waals surface area contributed by atoms with Gasteiger partial charge in [-0.3, -0.25) is 4.79 Å². The van der Waals surface area contributed by atoms with E-state index in [1.165, 1.54) is 4.90 Å². The summed E-state index contributed by atoms with van der Waals surface area (Å²) in [5.74, 6) is -0.452. The van der Waals surface area contributed by atoms with Crippen molar-refractivity contribution >= 4 is 17.6 Å². The van der Waals surface area contributed by atoms with Gasteiger partial charge in [-0.15, -0.1) is 0 Å². The third kappa shape index (κ3) is 3.76. The molecule has 0 radical (unpaired) electrons. The van der Waals surface area contributed by atoms with E-state index in [4.69, 9.17) is 4.74 Å². The summed E-state index contributed by atoms with van der Waals surface area (Å²) in [6.45, 7) is 2.22. The van der Waals surface area contributed by atoms with E-state index >= 15 is 0 Å². The summed E-state index contributed by atoms with van der Waals surface area (Å²) in [5.41, 5.74) is 1.04. The maximum absolute atomic E-state index is 11.7. The Kier molecular flexibility index (Phi) is 5.17. The molecule has 0 saturated carbocycles. The lowest BCUT2D eigenvalue weighted by Crippen LogP contribution is -2.29. The van der Waals surface area contributed by atoms with Gasteiger partial charge in [0.1, 0.15) is 0 Å². The van der Waals surface area contributed by atoms with E-state index in [0.717, 1.165) is 0 Å². The van der Waals surface area contributed by atoms with Crippen molar-refractivity contribution in [3.63, 3.8) is 0 Å². The molecular weight excluding hydrogens is 232 g/mol. The van der Waals surface area contributed by atoms with Crippen LogP contribution in [-0.4, -0.2) is 44.0 Å². The van der Waals surface area contributed by atoms with Crippen LogP contribution in [-0.2, 0) is 9.53 Å². The van der Waals surface area contributed by atoms with Gasteiger partial charge in [0.05, 0.1) is 18.7 Å². The molecule has 1 aromatic rings. The molecule has 5 heteroatoms. The first-order valence-electron chi connectivity index (χ1n) is 5.76. The zero-order valence-corrected chi connectivity index (χ0v) is 10.9. The van der Waals surface area contributed by atoms with Crippen molar-refractivity contribution in [2.45, 2.75) is 6.92 Å². The van der Waals surface area contributed by atoms with E-state index in [1.807, 2.05) is 0 Å². The van der Waals surface area contributed by atoms with Crippen LogP contribution in [0.3, 0.4) is 0 Å². The quantitative estimate of drug-likeness (QED) is 0.802. The number of hydrogen-bond acceptors (Lipinski definition) is 4. The SMILES string of the molecule is CCOC(=O)c1ccccc1NCC(=O)N(C)C. The van der Waals surface area contributed by atoms with Gasteiger partial charge in [-0.25, -0.2) is 4.79 Å². The van der Waals surface area contributed by atoms with Crippen LogP contribution >= 0.6 is 0 Å². The Bertz CT molecular complexity index is 430. The number of ether oxygens (including phenoxy) is 1. The number of hydrogen-bond donors (Lipinski definition) is 1. The highest BCUT2D eigenvalue weighted by molar-refractivity contribution is 5.96. The lowest BCUT2D eigenvalue weighted by Gasteiger charge is -2.13. The molecule has 0 spiro atoms. The molecule has 0 atom stereocenters. The smallest absolute Gasteiger partial charge is 0.340 e. The zero-order valence-electron chi connectivity index (χ0n) is 10.9. The molecular formula is C13H18N2O3. The second kappa shape index (κ2) is 6.64. The molecule has 5 nitrogen and oxygen atoms in total. The molecule has 1 rings (SSSR count). The van der Waals surface area contributed by atoms with E-state index in [1.54, 1.807) is 45.3 Å². The zero-order chi connectivity index (χ0) is 13.5. The lowest BCUT2D eigenvalue weighted by molar-refractivity contribution is -0.126. The topological polar surface area (TPSA) is 58.6 Å². The third-order valence-corrected chi connectivity index (χ3v) is 2.35. The largest absolute Gasteiger partial charge is 0.462 e. The third-order valence-electron chi connectivity index (χ3n) is 2.35. The Labute approximate surface area is 107 Å². The van der Waals surface area contributed by atoms with Gasteiger partial charge in [-0.1, -0.05) is 12.1 Å². The summed E-state index contributed by atoms with van der Waals surface area (Å²) in [6.07, 6.45) is 0. The van der Waals surface area contributed by atoms with Crippen molar-refractivity contribution < 1.29 is 14.3 Å². The maximum atomic E-state index is 11.7. The summed E-state index contributed by atoms with van der Waals surface area (Å²) >= 11 is 0. The van der Waals surface area contributed by atoms with Crippen LogP contribution in [0.25, 0.3) is 0 Å². The number of anilines is 1. The fourth-order valence-electron chi connectivity index (χ4n) is 1.35. The van der Waals surface area contributed by atoms with Crippen LogP contribution in [0.15, 0.2) is 24.3 Å². The van der Waals surface area contributed by atoms with Crippen molar-refractivity contribution in [3.8, 4) is 0 Å². The average molecular weight is 250 g/mol. The fourth-order valence-corrected chi connectivity index (χ4v) is 1.35. The van der Waals surface area contributed by atoms with Crippen molar-refractivity contribution in [1.29, 1.82) is 0 Å². The summed E-state index contributed by atoms with van der Waals surface area (Å²) in [4.78, 5) is 24.6. The molecule has 1 amide bonds. The van der Waals surface area contributed by atoms with Gasteiger partial charge in [0.2, 0.25) is 5.91 Å². The van der Waals surface area contributed by atoms with Crippen LogP contribution in [0.2, 0.25) is 0 Å². The number of carbonyl (C=O) groups excluding carboxylic acids is 2. The molecule has 0 aliphatic carbocycles. The number of amides is 1. The Morgan fingerprint density at radius 2 is 1.94 bits per heavy atom. The Morgan fingerprint density at radius 1 is 1.28 bits per heavy atom. The highest BCUT2D eigenvalue weighted by atomic mass is 16.5. The van der Waals surface area contributed by atoms with Crippen LogP contribution in [0.1, 0.15) is 17.3 Å². The van der Waals surface area contributed by atoms with E-state index in [0.29, 0.717) is 17.9 Å². The predicted octanol–water partition coefficient (Wildman–Crippen LogP) is 1.36. The van der Waals surface area contributed by atoms with Crippen molar-refractivity contribution in [3.05, 3.63) is 29.8 Å². The van der Waals surface area contributed by atoms with Gasteiger partial charge in [0, 0.05) is 19.8 Å². The van der Waals surface area contributed by atoms with Crippen LogP contribution in [0.5, 0.6) is 0 Å². The second-order valence-electron chi connectivity index (χ2n) is 3.91. The van der Waals surface area contributed by atoms with Crippen LogP contribution < -0.4 is 5.32 Å². The highest BCUT2D eigenvalue weighted by Crippen LogP contribution is 2.15. The molecule has 0 unspecified atom stereocenters. The monoisotopic (exact) mass is 250 g/mol. The number of nitrogens with zero attached hydrogens (tertiary/aromatic N) is 1. The Balaban J connectivity index is 2.76. The van der Waals surface area contributed by atoms with Crippen molar-refractivity contribution in [2.24, 2.45) is 0 Å². The van der Waals surface area contributed by atoms with Gasteiger partial charge in [-0.05, 0) is 19.1 Å². The number of nitrogens with one attached hydrogen (secondary N) is 1. The van der Waals surface area contributed by atoms with Gasteiger partial charge in [-0.2, -0.15) is 0 Å².